The highest BCUT2D eigenvalue weighted by Gasteiger charge is 2.09. The molecule has 0 fully saturated rings. The molecular formula is C11H15N. The molecule has 0 radical (unpaired) electrons. The third-order valence-corrected chi connectivity index (χ3v) is 1.94. The summed E-state index contributed by atoms with van der Waals surface area (Å²) in [5.41, 5.74) is 4.49. The lowest BCUT2D eigenvalue weighted by Crippen LogP contribution is -2.16. The number of nitrogens with zero attached hydrogens (tertiary/aromatic N) is 1. The standard InChI is InChI=1S/C11H15N/c1-4-6-11-9-10(2)7-5-8-12(11)3/h4,10H,8-9H2,1-3H3. The highest BCUT2D eigenvalue weighted by Crippen LogP contribution is 2.14. The lowest BCUT2D eigenvalue weighted by molar-refractivity contribution is 0.444. The molecule has 0 bridgehead atoms. The molecule has 12 heavy (non-hydrogen) atoms. The molecule has 1 rings (SSSR count). The van der Waals surface area contributed by atoms with Crippen molar-refractivity contribution < 1.29 is 0 Å². The average molecular weight is 161 g/mol. The molecule has 1 aliphatic rings. The minimum absolute atomic E-state index is 0.470. The molecule has 1 atom stereocenters. The summed E-state index contributed by atoms with van der Waals surface area (Å²) < 4.78 is 0. The normalized spacial score (nSPS) is 22.1. The molecular weight excluding hydrogens is 146 g/mol. The van der Waals surface area contributed by atoms with Gasteiger partial charge in [0.1, 0.15) is 0 Å². The number of hydrogen-bond acceptors (Lipinski definition) is 1. The van der Waals surface area contributed by atoms with E-state index in [-0.39, 0.29) is 0 Å². The topological polar surface area (TPSA) is 3.24 Å². The molecule has 0 aromatic carbocycles. The Balaban J connectivity index is 2.84. The summed E-state index contributed by atoms with van der Waals surface area (Å²) in [6, 6.07) is 0. The van der Waals surface area contributed by atoms with Crippen LogP contribution in [0.5, 0.6) is 0 Å². The van der Waals surface area contributed by atoms with E-state index in [1.165, 1.54) is 5.70 Å². The molecule has 0 aromatic rings. The summed E-state index contributed by atoms with van der Waals surface area (Å²) in [6.45, 7) is 4.99. The van der Waals surface area contributed by atoms with Crippen molar-refractivity contribution in [2.75, 3.05) is 13.6 Å². The van der Waals surface area contributed by atoms with E-state index in [1.54, 1.807) is 0 Å². The van der Waals surface area contributed by atoms with Gasteiger partial charge in [-0.15, -0.1) is 5.73 Å². The van der Waals surface area contributed by atoms with Crippen molar-refractivity contribution in [1.29, 1.82) is 0 Å². The van der Waals surface area contributed by atoms with Crippen LogP contribution in [0, 0.1) is 17.8 Å². The van der Waals surface area contributed by atoms with Gasteiger partial charge in [-0.1, -0.05) is 18.8 Å². The number of rotatable bonds is 0. The summed E-state index contributed by atoms with van der Waals surface area (Å²) in [7, 11) is 2.07. The van der Waals surface area contributed by atoms with Crippen LogP contribution >= 0.6 is 0 Å². The van der Waals surface area contributed by atoms with Crippen LogP contribution in [0.1, 0.15) is 20.3 Å². The second kappa shape index (κ2) is 4.04. The van der Waals surface area contributed by atoms with Crippen LogP contribution in [-0.2, 0) is 0 Å². The minimum atomic E-state index is 0.470. The van der Waals surface area contributed by atoms with Gasteiger partial charge in [0.25, 0.3) is 0 Å². The van der Waals surface area contributed by atoms with E-state index in [0.29, 0.717) is 5.92 Å². The first-order valence-corrected chi connectivity index (χ1v) is 4.33. The summed E-state index contributed by atoms with van der Waals surface area (Å²) >= 11 is 0. The molecule has 1 aliphatic heterocycles. The number of allylic oxidation sites excluding steroid dienone is 1. The Labute approximate surface area is 74.8 Å². The Morgan fingerprint density at radius 2 is 2.42 bits per heavy atom. The SMILES string of the molecule is CC=C=C1CC(C)C#CCN1C. The van der Waals surface area contributed by atoms with Gasteiger partial charge < -0.3 is 4.90 Å². The molecule has 64 valence electrons. The van der Waals surface area contributed by atoms with Crippen molar-refractivity contribution in [3.05, 3.63) is 17.5 Å². The van der Waals surface area contributed by atoms with Crippen LogP contribution in [0.25, 0.3) is 0 Å². The third kappa shape index (κ3) is 2.19. The monoisotopic (exact) mass is 161 g/mol. The minimum Gasteiger partial charge on any atom is -0.360 e. The predicted octanol–water partition coefficient (Wildman–Crippen LogP) is 2.02. The maximum Gasteiger partial charge on any atom is 0.0793 e. The van der Waals surface area contributed by atoms with Crippen LogP contribution in [0.3, 0.4) is 0 Å². The lowest BCUT2D eigenvalue weighted by Gasteiger charge is -2.16. The molecule has 1 unspecified atom stereocenters. The summed E-state index contributed by atoms with van der Waals surface area (Å²) in [5, 5.41) is 0. The first kappa shape index (κ1) is 8.97. The molecule has 0 N–H and O–H groups in total. The van der Waals surface area contributed by atoms with E-state index in [2.05, 4.69) is 36.4 Å². The Hall–Kier alpha value is -1.12. The van der Waals surface area contributed by atoms with Gasteiger partial charge in [0, 0.05) is 19.4 Å². The Morgan fingerprint density at radius 1 is 1.67 bits per heavy atom. The highest BCUT2D eigenvalue weighted by molar-refractivity contribution is 5.15. The van der Waals surface area contributed by atoms with Crippen molar-refractivity contribution in [3.63, 3.8) is 0 Å². The Morgan fingerprint density at radius 3 is 3.08 bits per heavy atom. The van der Waals surface area contributed by atoms with Crippen molar-refractivity contribution in [1.82, 2.24) is 4.90 Å². The lowest BCUT2D eigenvalue weighted by atomic mass is 10.1. The fourth-order valence-electron chi connectivity index (χ4n) is 1.27. The van der Waals surface area contributed by atoms with Gasteiger partial charge in [0.15, 0.2) is 0 Å². The van der Waals surface area contributed by atoms with E-state index in [9.17, 15) is 0 Å². The van der Waals surface area contributed by atoms with Gasteiger partial charge in [-0.25, -0.2) is 0 Å². The van der Waals surface area contributed by atoms with Crippen LogP contribution in [-0.4, -0.2) is 18.5 Å². The maximum atomic E-state index is 3.24. The second-order valence-corrected chi connectivity index (χ2v) is 3.16. The Bertz CT molecular complexity index is 271. The van der Waals surface area contributed by atoms with E-state index in [1.807, 2.05) is 13.0 Å². The fourth-order valence-corrected chi connectivity index (χ4v) is 1.27. The van der Waals surface area contributed by atoms with Crippen molar-refractivity contribution in [3.8, 4) is 11.8 Å². The summed E-state index contributed by atoms with van der Waals surface area (Å²) in [5.74, 6) is 6.80. The van der Waals surface area contributed by atoms with Crippen LogP contribution in [0.15, 0.2) is 17.5 Å². The van der Waals surface area contributed by atoms with E-state index in [0.717, 1.165) is 13.0 Å². The van der Waals surface area contributed by atoms with Crippen LogP contribution in [0.2, 0.25) is 0 Å². The van der Waals surface area contributed by atoms with Gasteiger partial charge in [-0.3, -0.25) is 0 Å². The second-order valence-electron chi connectivity index (χ2n) is 3.16. The van der Waals surface area contributed by atoms with Gasteiger partial charge in [0.05, 0.1) is 12.2 Å². The van der Waals surface area contributed by atoms with Crippen molar-refractivity contribution >= 4 is 0 Å². The molecule has 1 heteroatoms. The zero-order chi connectivity index (χ0) is 8.97. The zero-order valence-corrected chi connectivity index (χ0v) is 8.02. The molecule has 0 saturated heterocycles. The molecule has 1 heterocycles. The van der Waals surface area contributed by atoms with E-state index in [4.69, 9.17) is 0 Å². The Kier molecular flexibility index (Phi) is 3.02. The van der Waals surface area contributed by atoms with E-state index < -0.39 is 0 Å². The molecule has 1 nitrogen and oxygen atoms in total. The third-order valence-electron chi connectivity index (χ3n) is 1.94. The van der Waals surface area contributed by atoms with Crippen LogP contribution < -0.4 is 0 Å². The number of hydrogen-bond donors (Lipinski definition) is 0. The maximum absolute atomic E-state index is 3.24. The molecule has 0 aliphatic carbocycles. The van der Waals surface area contributed by atoms with Gasteiger partial charge in [0.2, 0.25) is 0 Å². The summed E-state index contributed by atoms with van der Waals surface area (Å²) in [4.78, 5) is 2.16. The van der Waals surface area contributed by atoms with Gasteiger partial charge >= 0.3 is 0 Å². The zero-order valence-electron chi connectivity index (χ0n) is 8.02. The first-order valence-electron chi connectivity index (χ1n) is 4.33. The van der Waals surface area contributed by atoms with Crippen molar-refractivity contribution in [2.24, 2.45) is 5.92 Å². The largest absolute Gasteiger partial charge is 0.360 e. The fraction of sp³-hybridized carbons (Fsp3) is 0.545. The highest BCUT2D eigenvalue weighted by atomic mass is 15.1. The van der Waals surface area contributed by atoms with Gasteiger partial charge in [-0.2, -0.15) is 0 Å². The average Bonchev–Trinajstić information content (AvgIpc) is 2.16. The van der Waals surface area contributed by atoms with Gasteiger partial charge in [-0.05, 0) is 13.0 Å². The quantitative estimate of drug-likeness (QED) is 0.388. The molecule has 0 saturated carbocycles. The van der Waals surface area contributed by atoms with E-state index >= 15 is 0 Å². The van der Waals surface area contributed by atoms with Crippen molar-refractivity contribution in [2.45, 2.75) is 20.3 Å². The van der Waals surface area contributed by atoms with Crippen LogP contribution in [0.4, 0.5) is 0 Å². The first-order chi connectivity index (χ1) is 5.74. The predicted molar refractivity (Wildman–Crippen MR) is 51.5 cm³/mol. The molecule has 0 aromatic heterocycles. The molecule has 0 spiro atoms. The smallest absolute Gasteiger partial charge is 0.0793 e. The summed E-state index contributed by atoms with van der Waals surface area (Å²) in [6.07, 6.45) is 2.98. The molecule has 0 amide bonds.